The molecule has 1 aromatic carbocycles. The number of hydrogen-bond acceptors (Lipinski definition) is 3. The minimum Gasteiger partial charge on any atom is -0.481 e. The third-order valence-electron chi connectivity index (χ3n) is 3.65. The van der Waals surface area contributed by atoms with Crippen molar-refractivity contribution in [3.8, 4) is 0 Å². The Hall–Kier alpha value is -2.34. The average Bonchev–Trinajstić information content (AvgIpc) is 2.94. The Morgan fingerprint density at radius 2 is 2.24 bits per heavy atom. The minimum absolute atomic E-state index is 0.0868. The van der Waals surface area contributed by atoms with E-state index in [9.17, 15) is 9.59 Å². The Bertz CT molecular complexity index is 679. The lowest BCUT2D eigenvalue weighted by molar-refractivity contribution is -0.141. The maximum Gasteiger partial charge on any atom is 0.306 e. The van der Waals surface area contributed by atoms with E-state index in [1.54, 1.807) is 17.2 Å². The molecular weight excluding hydrogens is 272 g/mol. The second kappa shape index (κ2) is 5.57. The molecule has 2 aromatic rings. The molecule has 0 radical (unpaired) electrons. The Morgan fingerprint density at radius 3 is 3.05 bits per heavy atom. The fraction of sp³-hybridized carbons (Fsp3) is 0.333. The molecule has 1 atom stereocenters. The number of H-pyrrole nitrogens is 1. The van der Waals surface area contributed by atoms with Crippen LogP contribution >= 0.6 is 0 Å². The maximum atomic E-state index is 12.6. The van der Waals surface area contributed by atoms with Crippen LogP contribution in [0, 0.1) is 0 Å². The number of carbonyl (C=O) groups is 2. The van der Waals surface area contributed by atoms with Gasteiger partial charge < -0.3 is 19.7 Å². The Balaban J connectivity index is 1.81. The lowest BCUT2D eigenvalue weighted by atomic mass is 10.1. The van der Waals surface area contributed by atoms with Crippen molar-refractivity contribution in [1.82, 2.24) is 9.88 Å². The summed E-state index contributed by atoms with van der Waals surface area (Å²) in [5.41, 5.74) is 1.41. The predicted molar refractivity (Wildman–Crippen MR) is 76.2 cm³/mol. The second-order valence-electron chi connectivity index (χ2n) is 5.09. The van der Waals surface area contributed by atoms with Crippen LogP contribution in [-0.4, -0.2) is 52.7 Å². The zero-order valence-corrected chi connectivity index (χ0v) is 11.4. The van der Waals surface area contributed by atoms with Crippen molar-refractivity contribution >= 4 is 22.8 Å². The molecule has 110 valence electrons. The molecule has 0 aliphatic carbocycles. The molecule has 3 rings (SSSR count). The van der Waals surface area contributed by atoms with Crippen molar-refractivity contribution in [2.75, 3.05) is 19.7 Å². The van der Waals surface area contributed by atoms with Gasteiger partial charge >= 0.3 is 5.97 Å². The summed E-state index contributed by atoms with van der Waals surface area (Å²) in [6.07, 6.45) is 1.27. The van der Waals surface area contributed by atoms with Gasteiger partial charge in [-0.3, -0.25) is 9.59 Å². The number of hydrogen-bond donors (Lipinski definition) is 2. The zero-order valence-electron chi connectivity index (χ0n) is 11.4. The Morgan fingerprint density at radius 1 is 1.38 bits per heavy atom. The number of fused-ring (bicyclic) bond motifs is 1. The largest absolute Gasteiger partial charge is 0.481 e. The van der Waals surface area contributed by atoms with Crippen LogP contribution in [0.15, 0.2) is 30.5 Å². The maximum absolute atomic E-state index is 12.6. The van der Waals surface area contributed by atoms with E-state index < -0.39 is 12.1 Å². The minimum atomic E-state index is -0.916. The normalized spacial score (nSPS) is 18.9. The lowest BCUT2D eigenvalue weighted by Gasteiger charge is -2.32. The van der Waals surface area contributed by atoms with Crippen LogP contribution in [0.25, 0.3) is 10.9 Å². The number of aromatic nitrogens is 1. The van der Waals surface area contributed by atoms with Gasteiger partial charge in [-0.1, -0.05) is 12.1 Å². The molecule has 0 unspecified atom stereocenters. The first-order valence-electron chi connectivity index (χ1n) is 6.84. The van der Waals surface area contributed by atoms with E-state index in [1.807, 2.05) is 18.2 Å². The standard InChI is InChI=1S/C15H16N2O4/c18-13(19)8-11-9-17(6-7-21-11)15(20)12-3-1-2-10-4-5-16-14(10)12/h1-5,11,16H,6-9H2,(H,18,19)/t11-/m0/s1. The van der Waals surface area contributed by atoms with Gasteiger partial charge in [0.2, 0.25) is 0 Å². The molecule has 1 saturated heterocycles. The Labute approximate surface area is 121 Å². The van der Waals surface area contributed by atoms with Crippen molar-refractivity contribution in [1.29, 1.82) is 0 Å². The first-order chi connectivity index (χ1) is 10.1. The number of ether oxygens (including phenoxy) is 1. The highest BCUT2D eigenvalue weighted by atomic mass is 16.5. The number of aliphatic carboxylic acids is 1. The van der Waals surface area contributed by atoms with E-state index in [1.165, 1.54) is 0 Å². The van der Waals surface area contributed by atoms with Gasteiger partial charge in [-0.2, -0.15) is 0 Å². The van der Waals surface area contributed by atoms with Crippen molar-refractivity contribution in [2.24, 2.45) is 0 Å². The molecular formula is C15H16N2O4. The summed E-state index contributed by atoms with van der Waals surface area (Å²) in [6.45, 7) is 1.15. The highest BCUT2D eigenvalue weighted by molar-refractivity contribution is 6.05. The van der Waals surface area contributed by atoms with Gasteiger partial charge in [0, 0.05) is 24.7 Å². The van der Waals surface area contributed by atoms with Gasteiger partial charge in [0.25, 0.3) is 5.91 Å². The molecule has 21 heavy (non-hydrogen) atoms. The molecule has 0 saturated carbocycles. The number of aromatic amines is 1. The van der Waals surface area contributed by atoms with Crippen LogP contribution in [0.4, 0.5) is 0 Å². The molecule has 6 nitrogen and oxygen atoms in total. The molecule has 1 aromatic heterocycles. The van der Waals surface area contributed by atoms with Crippen LogP contribution < -0.4 is 0 Å². The van der Waals surface area contributed by atoms with Crippen LogP contribution in [0.3, 0.4) is 0 Å². The van der Waals surface area contributed by atoms with E-state index >= 15 is 0 Å². The smallest absolute Gasteiger partial charge is 0.306 e. The van der Waals surface area contributed by atoms with E-state index in [-0.39, 0.29) is 12.3 Å². The lowest BCUT2D eigenvalue weighted by Crippen LogP contribution is -2.46. The molecule has 0 bridgehead atoms. The molecule has 1 amide bonds. The molecule has 1 aliphatic rings. The molecule has 6 heteroatoms. The fourth-order valence-electron chi connectivity index (χ4n) is 2.66. The summed E-state index contributed by atoms with van der Waals surface area (Å²) >= 11 is 0. The number of benzene rings is 1. The summed E-state index contributed by atoms with van der Waals surface area (Å²) in [6, 6.07) is 7.48. The number of amides is 1. The molecule has 2 N–H and O–H groups in total. The number of morpholine rings is 1. The highest BCUT2D eigenvalue weighted by Crippen LogP contribution is 2.20. The monoisotopic (exact) mass is 288 g/mol. The van der Waals surface area contributed by atoms with E-state index in [0.717, 1.165) is 10.9 Å². The molecule has 1 aliphatic heterocycles. The fourth-order valence-corrected chi connectivity index (χ4v) is 2.66. The van der Waals surface area contributed by atoms with Crippen LogP contribution in [0.1, 0.15) is 16.8 Å². The number of carbonyl (C=O) groups excluding carboxylic acids is 1. The number of rotatable bonds is 3. The summed E-state index contributed by atoms with van der Waals surface area (Å²) in [4.78, 5) is 28.1. The number of carboxylic acid groups (broad SMARTS) is 1. The molecule has 0 spiro atoms. The van der Waals surface area contributed by atoms with E-state index in [4.69, 9.17) is 9.84 Å². The van der Waals surface area contributed by atoms with Gasteiger partial charge in [-0.15, -0.1) is 0 Å². The summed E-state index contributed by atoms with van der Waals surface area (Å²) < 4.78 is 5.39. The van der Waals surface area contributed by atoms with Crippen molar-refractivity contribution in [3.63, 3.8) is 0 Å². The van der Waals surface area contributed by atoms with Crippen molar-refractivity contribution in [3.05, 3.63) is 36.0 Å². The van der Waals surface area contributed by atoms with Gasteiger partial charge in [-0.25, -0.2) is 0 Å². The zero-order chi connectivity index (χ0) is 14.8. The first-order valence-corrected chi connectivity index (χ1v) is 6.84. The summed E-state index contributed by atoms with van der Waals surface area (Å²) in [5.74, 6) is -1.01. The van der Waals surface area contributed by atoms with Gasteiger partial charge in [0.05, 0.1) is 30.2 Å². The third kappa shape index (κ3) is 2.75. The number of nitrogens with zero attached hydrogens (tertiary/aromatic N) is 1. The molecule has 1 fully saturated rings. The Kier molecular flexibility index (Phi) is 3.62. The topological polar surface area (TPSA) is 82.6 Å². The van der Waals surface area contributed by atoms with Crippen molar-refractivity contribution < 1.29 is 19.4 Å². The highest BCUT2D eigenvalue weighted by Gasteiger charge is 2.27. The van der Waals surface area contributed by atoms with Gasteiger partial charge in [-0.05, 0) is 12.1 Å². The number of nitrogens with one attached hydrogen (secondary N) is 1. The van der Waals surface area contributed by atoms with Crippen LogP contribution in [0.5, 0.6) is 0 Å². The van der Waals surface area contributed by atoms with Crippen molar-refractivity contribution in [2.45, 2.75) is 12.5 Å². The molecule has 2 heterocycles. The number of carboxylic acids is 1. The van der Waals surface area contributed by atoms with E-state index in [0.29, 0.717) is 25.3 Å². The number of para-hydroxylation sites is 1. The summed E-state index contributed by atoms with van der Waals surface area (Å²) in [5, 5.41) is 9.82. The van der Waals surface area contributed by atoms with Gasteiger partial charge in [0.15, 0.2) is 0 Å². The van der Waals surface area contributed by atoms with Crippen LogP contribution in [-0.2, 0) is 9.53 Å². The first kappa shape index (κ1) is 13.6. The van der Waals surface area contributed by atoms with Crippen LogP contribution in [0.2, 0.25) is 0 Å². The van der Waals surface area contributed by atoms with Gasteiger partial charge in [0.1, 0.15) is 0 Å². The second-order valence-corrected chi connectivity index (χ2v) is 5.09. The van der Waals surface area contributed by atoms with E-state index in [2.05, 4.69) is 4.98 Å². The average molecular weight is 288 g/mol. The third-order valence-corrected chi connectivity index (χ3v) is 3.65. The quantitative estimate of drug-likeness (QED) is 0.896. The predicted octanol–water partition coefficient (Wildman–Crippen LogP) is 1.48. The SMILES string of the molecule is O=C(O)C[C@H]1CN(C(=O)c2cccc3cc[nH]c23)CCO1. The summed E-state index contributed by atoms with van der Waals surface area (Å²) in [7, 11) is 0.